The minimum Gasteiger partial charge on any atom is -0.563 e. The van der Waals surface area contributed by atoms with Crippen LogP contribution in [0.3, 0.4) is 0 Å². The summed E-state index contributed by atoms with van der Waals surface area (Å²) >= 11 is 3.48. The molecule has 0 spiro atoms. The van der Waals surface area contributed by atoms with Gasteiger partial charge >= 0.3 is 7.48 Å². The van der Waals surface area contributed by atoms with Crippen molar-refractivity contribution >= 4 is 45.7 Å². The van der Waals surface area contributed by atoms with Crippen LogP contribution in [0.4, 0.5) is 0 Å². The average Bonchev–Trinajstić information content (AvgIpc) is 2.67. The highest BCUT2D eigenvalue weighted by molar-refractivity contribution is 9.10. The van der Waals surface area contributed by atoms with Crippen molar-refractivity contribution in [3.8, 4) is 5.75 Å². The number of ether oxygens (including phenoxy) is 1. The molecule has 1 radical (unpaired) electrons. The van der Waals surface area contributed by atoms with Crippen molar-refractivity contribution in [2.24, 2.45) is 0 Å². The van der Waals surface area contributed by atoms with Gasteiger partial charge in [-0.05, 0) is 53.2 Å². The Morgan fingerprint density at radius 2 is 1.62 bits per heavy atom. The Morgan fingerprint density at radius 3 is 2.31 bits per heavy atom. The third-order valence-corrected chi connectivity index (χ3v) is 4.46. The molecule has 3 rings (SSSR count). The molecule has 0 fully saturated rings. The lowest BCUT2D eigenvalue weighted by Crippen LogP contribution is -2.01. The highest BCUT2D eigenvalue weighted by Crippen LogP contribution is 2.25. The van der Waals surface area contributed by atoms with E-state index >= 15 is 0 Å². The molecule has 0 amide bonds. The van der Waals surface area contributed by atoms with Crippen LogP contribution in [0.15, 0.2) is 71.2 Å². The Hall–Kier alpha value is -2.53. The van der Waals surface area contributed by atoms with E-state index < -0.39 is 0 Å². The van der Waals surface area contributed by atoms with Gasteiger partial charge in [0, 0.05) is 21.7 Å². The summed E-state index contributed by atoms with van der Waals surface area (Å²) in [6.07, 6.45) is 1.52. The van der Waals surface area contributed by atoms with Gasteiger partial charge in [0.1, 0.15) is 11.5 Å². The molecule has 0 atom stereocenters. The minimum atomic E-state index is -0.125. The number of methoxy groups -OCH3 is 1. The molecule has 0 aliphatic rings. The fourth-order valence-electron chi connectivity index (χ4n) is 2.64. The topological polar surface area (TPSA) is 35.5 Å². The van der Waals surface area contributed by atoms with Crippen LogP contribution in [0.2, 0.25) is 6.82 Å². The summed E-state index contributed by atoms with van der Waals surface area (Å²) in [6, 6.07) is 19.1. The van der Waals surface area contributed by atoms with Gasteiger partial charge in [-0.25, -0.2) is 0 Å². The summed E-state index contributed by atoms with van der Waals surface area (Å²) in [6.45, 7) is 1.78. The van der Waals surface area contributed by atoms with E-state index in [1.54, 1.807) is 45.7 Å². The Balaban J connectivity index is 1.95. The van der Waals surface area contributed by atoms with Crippen molar-refractivity contribution in [3.05, 3.63) is 82.3 Å². The third-order valence-electron chi connectivity index (χ3n) is 3.97. The molecule has 0 aliphatic carbocycles. The number of halogens is 1. The monoisotopic (exact) mass is 407 g/mol. The maximum absolute atomic E-state index is 12.6. The fourth-order valence-corrected chi connectivity index (χ4v) is 3.02. The molecule has 26 heavy (non-hydrogen) atoms. The maximum Gasteiger partial charge on any atom is 0.366 e. The van der Waals surface area contributed by atoms with Gasteiger partial charge in [0.15, 0.2) is 5.78 Å². The summed E-state index contributed by atoms with van der Waals surface area (Å²) < 4.78 is 11.8. The van der Waals surface area contributed by atoms with E-state index in [1.165, 1.54) is 6.08 Å². The van der Waals surface area contributed by atoms with Crippen molar-refractivity contribution in [2.75, 3.05) is 7.11 Å². The zero-order valence-corrected chi connectivity index (χ0v) is 16.1. The van der Waals surface area contributed by atoms with Crippen LogP contribution in [0.25, 0.3) is 16.5 Å². The molecule has 5 heteroatoms. The number of carbonyl (C=O) groups is 1. The molecule has 0 saturated carbocycles. The van der Waals surface area contributed by atoms with Crippen LogP contribution < -0.4 is 4.74 Å². The van der Waals surface area contributed by atoms with Crippen LogP contribution >= 0.6 is 15.9 Å². The van der Waals surface area contributed by atoms with E-state index in [0.717, 1.165) is 20.8 Å². The molecule has 0 bridgehead atoms. The first-order valence-electron chi connectivity index (χ1n) is 8.15. The molecule has 0 aromatic heterocycles. The average molecular weight is 408 g/mol. The fraction of sp³-hybridized carbons (Fsp3) is 0.0952. The smallest absolute Gasteiger partial charge is 0.366 e. The standard InChI is InChI=1S/C21H17BBrO3/c1-22-26-21(13-20(24)14-6-9-19(25-2)10-7-14)17-4-3-16-12-18(23)8-5-15(16)11-17/h3-13H,1-2H3/b21-13-. The first-order chi connectivity index (χ1) is 12.6. The molecule has 0 saturated heterocycles. The summed E-state index contributed by atoms with van der Waals surface area (Å²) in [5, 5.41) is 2.19. The van der Waals surface area contributed by atoms with Crippen molar-refractivity contribution < 1.29 is 14.2 Å². The van der Waals surface area contributed by atoms with Crippen LogP contribution in [-0.2, 0) is 4.65 Å². The Labute approximate surface area is 162 Å². The molecule has 3 aromatic rings. The molecular weight excluding hydrogens is 391 g/mol. The number of rotatable bonds is 6. The van der Waals surface area contributed by atoms with Gasteiger partial charge in [-0.15, -0.1) is 0 Å². The zero-order chi connectivity index (χ0) is 18.5. The van der Waals surface area contributed by atoms with Gasteiger partial charge in [-0.2, -0.15) is 0 Å². The van der Waals surface area contributed by atoms with Crippen molar-refractivity contribution in [2.45, 2.75) is 6.82 Å². The summed E-state index contributed by atoms with van der Waals surface area (Å²) in [7, 11) is 3.16. The van der Waals surface area contributed by atoms with E-state index in [2.05, 4.69) is 22.0 Å². The molecule has 0 unspecified atom stereocenters. The number of allylic oxidation sites excluding steroid dienone is 1. The Bertz CT molecular complexity index is 965. The van der Waals surface area contributed by atoms with Crippen LogP contribution in [-0.4, -0.2) is 20.4 Å². The summed E-state index contributed by atoms with van der Waals surface area (Å²) in [4.78, 5) is 12.6. The predicted octanol–water partition coefficient (Wildman–Crippen LogP) is 5.52. The zero-order valence-electron chi connectivity index (χ0n) is 14.5. The van der Waals surface area contributed by atoms with Crippen LogP contribution in [0.1, 0.15) is 15.9 Å². The molecule has 3 aromatic carbocycles. The van der Waals surface area contributed by atoms with Gasteiger partial charge in [0.25, 0.3) is 0 Å². The van der Waals surface area contributed by atoms with Gasteiger partial charge in [0.2, 0.25) is 0 Å². The lowest BCUT2D eigenvalue weighted by molar-refractivity contribution is 0.104. The summed E-state index contributed by atoms with van der Waals surface area (Å²) in [5.74, 6) is 1.10. The maximum atomic E-state index is 12.6. The highest BCUT2D eigenvalue weighted by Gasteiger charge is 2.10. The second-order valence-electron chi connectivity index (χ2n) is 5.66. The van der Waals surface area contributed by atoms with Crippen molar-refractivity contribution in [3.63, 3.8) is 0 Å². The lowest BCUT2D eigenvalue weighted by Gasteiger charge is -2.10. The van der Waals surface area contributed by atoms with Gasteiger partial charge in [-0.1, -0.05) is 41.0 Å². The Kier molecular flexibility index (Phi) is 5.79. The van der Waals surface area contributed by atoms with E-state index in [4.69, 9.17) is 9.39 Å². The first kappa shape index (κ1) is 18.3. The molecule has 0 aliphatic heterocycles. The molecule has 0 N–H and O–H groups in total. The van der Waals surface area contributed by atoms with Crippen molar-refractivity contribution in [1.82, 2.24) is 0 Å². The SMILES string of the molecule is C[B]O/C(=C\C(=O)c1ccc(OC)cc1)c1ccc2cc(Br)ccc2c1. The number of hydrogen-bond acceptors (Lipinski definition) is 3. The number of fused-ring (bicyclic) bond motifs is 1. The number of carbonyl (C=O) groups excluding carboxylic acids is 1. The van der Waals surface area contributed by atoms with Gasteiger partial charge < -0.3 is 9.39 Å². The lowest BCUT2D eigenvalue weighted by atomic mass is 10.0. The largest absolute Gasteiger partial charge is 0.563 e. The second kappa shape index (κ2) is 8.24. The van der Waals surface area contributed by atoms with Gasteiger partial charge in [-0.3, -0.25) is 4.79 Å². The third kappa shape index (κ3) is 4.17. The quantitative estimate of drug-likeness (QED) is 0.233. The molecule has 0 heterocycles. The molecule has 129 valence electrons. The molecule has 3 nitrogen and oxygen atoms in total. The van der Waals surface area contributed by atoms with E-state index in [1.807, 2.05) is 30.3 Å². The number of benzene rings is 3. The highest BCUT2D eigenvalue weighted by atomic mass is 79.9. The minimum absolute atomic E-state index is 0.125. The normalized spacial score (nSPS) is 11.3. The predicted molar refractivity (Wildman–Crippen MR) is 110 cm³/mol. The van der Waals surface area contributed by atoms with Crippen LogP contribution in [0, 0.1) is 0 Å². The van der Waals surface area contributed by atoms with Crippen molar-refractivity contribution in [1.29, 1.82) is 0 Å². The molecular formula is C21H17BBrO3. The van der Waals surface area contributed by atoms with Gasteiger partial charge in [0.05, 0.1) is 7.11 Å². The van der Waals surface area contributed by atoms with Crippen LogP contribution in [0.5, 0.6) is 5.75 Å². The first-order valence-corrected chi connectivity index (χ1v) is 8.94. The Morgan fingerprint density at radius 1 is 0.962 bits per heavy atom. The van der Waals surface area contributed by atoms with E-state index in [0.29, 0.717) is 17.1 Å². The van der Waals surface area contributed by atoms with E-state index in [-0.39, 0.29) is 5.78 Å². The number of hydrogen-bond donors (Lipinski definition) is 0. The number of ketones is 1. The second-order valence-corrected chi connectivity index (χ2v) is 6.58. The van der Waals surface area contributed by atoms with E-state index in [9.17, 15) is 4.79 Å². The summed E-state index contributed by atoms with van der Waals surface area (Å²) in [5.41, 5.74) is 1.42.